The summed E-state index contributed by atoms with van der Waals surface area (Å²) in [7, 11) is 0. The number of nitrogens with one attached hydrogen (secondary N) is 10. The molecule has 430 valence electrons. The van der Waals surface area contributed by atoms with Crippen LogP contribution in [0.1, 0.15) is 87.5 Å². The van der Waals surface area contributed by atoms with Crippen LogP contribution in [0.3, 0.4) is 0 Å². The van der Waals surface area contributed by atoms with Crippen LogP contribution in [0.5, 0.6) is 0 Å². The third-order valence-corrected chi connectivity index (χ3v) is 12.3. The van der Waals surface area contributed by atoms with E-state index in [4.69, 9.17) is 17.2 Å². The number of aliphatic hydroxyl groups is 4. The van der Waals surface area contributed by atoms with Gasteiger partial charge in [-0.2, -0.15) is 25.3 Å². The lowest BCUT2D eigenvalue weighted by Crippen LogP contribution is -2.64. The van der Waals surface area contributed by atoms with Crippen LogP contribution in [-0.2, 0) is 52.7 Å². The van der Waals surface area contributed by atoms with Crippen LogP contribution in [0.15, 0.2) is 0 Å². The number of carbonyl (C=O) groups excluding carboxylic acids is 11. The van der Waals surface area contributed by atoms with Gasteiger partial charge in [-0.1, -0.05) is 48.0 Å². The first-order valence-electron chi connectivity index (χ1n) is 24.6. The van der Waals surface area contributed by atoms with E-state index in [9.17, 15) is 73.2 Å². The average molecular weight is 1110 g/mol. The molecule has 0 bridgehead atoms. The van der Waals surface area contributed by atoms with Crippen LogP contribution in [0.4, 0.5) is 0 Å². The van der Waals surface area contributed by atoms with E-state index in [0.29, 0.717) is 12.8 Å². The van der Waals surface area contributed by atoms with E-state index in [1.54, 1.807) is 41.5 Å². The number of amides is 11. The zero-order valence-electron chi connectivity index (χ0n) is 43.8. The third-order valence-electron chi connectivity index (χ3n) is 11.5. The summed E-state index contributed by atoms with van der Waals surface area (Å²) in [5.41, 5.74) is 16.6. The van der Waals surface area contributed by atoms with Crippen molar-refractivity contribution in [3.05, 3.63) is 0 Å². The second-order valence-corrected chi connectivity index (χ2v) is 19.5. The van der Waals surface area contributed by atoms with Gasteiger partial charge in [0.15, 0.2) is 0 Å². The van der Waals surface area contributed by atoms with Crippen molar-refractivity contribution in [2.24, 2.45) is 35.0 Å². The first kappa shape index (κ1) is 69.6. The SMILES string of the molecule is CC[C@H](C)[C@H](NC(=O)[C@H](CC(C)C)NC(=O)[C@H](CCCCN)NC(=O)CNC(=O)[C@H](CO)NC(=O)[C@@H](N)CS)C(=O)N[C@@H](CO)C(=O)N[C@H](C(=O)N[C@H](C(=O)N[C@@H](CS)C(=O)N[C@H](C(N)=O)C(C)C)[C@@H](C)O)[C@@H](C)O. The first-order chi connectivity index (χ1) is 35.0. The maximum atomic E-state index is 14.0. The summed E-state index contributed by atoms with van der Waals surface area (Å²) < 4.78 is 0. The molecule has 0 spiro atoms. The highest BCUT2D eigenvalue weighted by Gasteiger charge is 2.38. The minimum atomic E-state index is -1.88. The van der Waals surface area contributed by atoms with Gasteiger partial charge in [0.05, 0.1) is 38.0 Å². The number of unbranched alkanes of at least 4 members (excludes halogenated alkanes) is 1. The lowest BCUT2D eigenvalue weighted by molar-refractivity contribution is -0.138. The Morgan fingerprint density at radius 2 is 0.933 bits per heavy atom. The van der Waals surface area contributed by atoms with Crippen molar-refractivity contribution in [1.82, 2.24) is 53.2 Å². The van der Waals surface area contributed by atoms with Crippen molar-refractivity contribution >= 4 is 90.2 Å². The number of carbonyl (C=O) groups is 11. The maximum Gasteiger partial charge on any atom is 0.245 e. The van der Waals surface area contributed by atoms with E-state index in [0.717, 1.165) is 13.8 Å². The molecule has 0 aromatic carbocycles. The maximum absolute atomic E-state index is 14.0. The minimum Gasteiger partial charge on any atom is -0.394 e. The standard InChI is InChI=1S/C45H83N13O15S2/c1-9-22(6)33(56-40(68)27(14-20(2)3)51-39(67)26(12-10-11-13-46)50-31(63)15-49-38(66)28(16-59)52-37(65)25(47)18-74)43(71)53-29(17-60)41(69)57-35(24(8)62)45(73)58-34(23(7)61)44(72)54-30(19-75)42(70)55-32(21(4)5)36(48)64/h20-30,32-35,59-62,74-75H,9-19,46-47H2,1-8H3,(H2,48,64)(H,49,66)(H,50,63)(H,51,67)(H,52,65)(H,53,71)(H,54,72)(H,55,70)(H,56,68)(H,57,69)(H,58,73)/t22-,23+,24+,25-,26-,27-,28-,29-,30-,32-,33-,34-,35-/m0/s1. The molecule has 11 amide bonds. The van der Waals surface area contributed by atoms with Crippen LogP contribution in [0.25, 0.3) is 0 Å². The monoisotopic (exact) mass is 1110 g/mol. The highest BCUT2D eigenvalue weighted by molar-refractivity contribution is 7.80. The summed E-state index contributed by atoms with van der Waals surface area (Å²) in [6.07, 6.45) is -2.16. The van der Waals surface area contributed by atoms with E-state index >= 15 is 0 Å². The summed E-state index contributed by atoms with van der Waals surface area (Å²) in [4.78, 5) is 145. The molecule has 13 atom stereocenters. The topological polar surface area (TPSA) is 467 Å². The Morgan fingerprint density at radius 3 is 1.40 bits per heavy atom. The lowest BCUT2D eigenvalue weighted by atomic mass is 9.96. The number of primary amides is 1. The second kappa shape index (κ2) is 35.8. The molecule has 0 aliphatic rings. The zero-order chi connectivity index (χ0) is 57.9. The smallest absolute Gasteiger partial charge is 0.245 e. The molecule has 75 heavy (non-hydrogen) atoms. The number of nitrogens with two attached hydrogens (primary N) is 3. The van der Waals surface area contributed by atoms with Crippen molar-refractivity contribution in [3.63, 3.8) is 0 Å². The molecule has 20 N–H and O–H groups in total. The van der Waals surface area contributed by atoms with Gasteiger partial charge in [0, 0.05) is 11.5 Å². The van der Waals surface area contributed by atoms with Crippen molar-refractivity contribution in [1.29, 1.82) is 0 Å². The molecule has 0 fully saturated rings. The molecule has 0 aromatic rings. The number of hydrogen-bond acceptors (Lipinski definition) is 19. The zero-order valence-corrected chi connectivity index (χ0v) is 45.6. The Bertz CT molecular complexity index is 1920. The van der Waals surface area contributed by atoms with Crippen LogP contribution >= 0.6 is 25.3 Å². The number of hydrogen-bond donors (Lipinski definition) is 19. The van der Waals surface area contributed by atoms with Gasteiger partial charge in [-0.05, 0) is 63.8 Å². The molecule has 0 heterocycles. The van der Waals surface area contributed by atoms with Gasteiger partial charge >= 0.3 is 0 Å². The van der Waals surface area contributed by atoms with Crippen LogP contribution in [-0.4, -0.2) is 196 Å². The normalized spacial score (nSPS) is 16.5. The fourth-order valence-electron chi connectivity index (χ4n) is 6.82. The van der Waals surface area contributed by atoms with E-state index < -0.39 is 169 Å². The fourth-order valence-corrected chi connectivity index (χ4v) is 7.25. The van der Waals surface area contributed by atoms with Crippen LogP contribution < -0.4 is 70.4 Å². The molecule has 0 aliphatic heterocycles. The number of aliphatic hydroxyl groups excluding tert-OH is 4. The summed E-state index contributed by atoms with van der Waals surface area (Å²) in [6.45, 7) is 9.94. The van der Waals surface area contributed by atoms with Gasteiger partial charge in [0.25, 0.3) is 0 Å². The predicted octanol–water partition coefficient (Wildman–Crippen LogP) is -7.24. The highest BCUT2D eigenvalue weighted by atomic mass is 32.1. The molecule has 0 rings (SSSR count). The first-order valence-corrected chi connectivity index (χ1v) is 25.9. The lowest BCUT2D eigenvalue weighted by Gasteiger charge is -2.30. The quantitative estimate of drug-likeness (QED) is 0.0205. The number of rotatable bonds is 36. The molecule has 0 unspecified atom stereocenters. The molecular formula is C45H83N13O15S2. The Kier molecular flexibility index (Phi) is 33.2. The Balaban J connectivity index is 6.28. The van der Waals surface area contributed by atoms with E-state index in [1.165, 1.54) is 0 Å². The predicted molar refractivity (Wildman–Crippen MR) is 279 cm³/mol. The van der Waals surface area contributed by atoms with Gasteiger partial charge in [0.1, 0.15) is 54.4 Å². The molecule has 28 nitrogen and oxygen atoms in total. The van der Waals surface area contributed by atoms with E-state index in [-0.39, 0.29) is 43.2 Å². The molecule has 0 radical (unpaired) electrons. The summed E-state index contributed by atoms with van der Waals surface area (Å²) >= 11 is 8.00. The fraction of sp³-hybridized carbons (Fsp3) is 0.756. The summed E-state index contributed by atoms with van der Waals surface area (Å²) in [5, 5.41) is 64.6. The van der Waals surface area contributed by atoms with Crippen LogP contribution in [0, 0.1) is 17.8 Å². The molecule has 30 heteroatoms. The Morgan fingerprint density at radius 1 is 0.507 bits per heavy atom. The molecule has 0 saturated heterocycles. The van der Waals surface area contributed by atoms with Gasteiger partial charge in [-0.15, -0.1) is 0 Å². The molecule has 0 aliphatic carbocycles. The van der Waals surface area contributed by atoms with Crippen molar-refractivity contribution in [3.8, 4) is 0 Å². The average Bonchev–Trinajstić information content (AvgIpc) is 3.35. The minimum absolute atomic E-state index is 0.0277. The van der Waals surface area contributed by atoms with Crippen LogP contribution in [0.2, 0.25) is 0 Å². The molecular weight excluding hydrogens is 1030 g/mol. The number of thiol groups is 2. The summed E-state index contributed by atoms with van der Waals surface area (Å²) in [5.74, 6) is -12.0. The largest absolute Gasteiger partial charge is 0.394 e. The van der Waals surface area contributed by atoms with Gasteiger partial charge in [-0.25, -0.2) is 0 Å². The molecule has 0 aromatic heterocycles. The van der Waals surface area contributed by atoms with E-state index in [1.807, 2.05) is 0 Å². The third kappa shape index (κ3) is 24.9. The Hall–Kier alpha value is -5.37. The van der Waals surface area contributed by atoms with Gasteiger partial charge in [-0.3, -0.25) is 52.7 Å². The van der Waals surface area contributed by atoms with Crippen molar-refractivity contribution < 1.29 is 73.2 Å². The Labute approximate surface area is 448 Å². The van der Waals surface area contributed by atoms with E-state index in [2.05, 4.69) is 78.4 Å². The second-order valence-electron chi connectivity index (χ2n) is 18.8. The van der Waals surface area contributed by atoms with Gasteiger partial charge in [0.2, 0.25) is 65.0 Å². The highest BCUT2D eigenvalue weighted by Crippen LogP contribution is 2.13. The van der Waals surface area contributed by atoms with Crippen molar-refractivity contribution in [2.75, 3.05) is 37.8 Å². The summed E-state index contributed by atoms with van der Waals surface area (Å²) in [6, 6.07) is -14.5. The van der Waals surface area contributed by atoms with Gasteiger partial charge < -0.3 is 90.8 Å². The van der Waals surface area contributed by atoms with Crippen molar-refractivity contribution in [2.45, 2.75) is 160 Å². The molecule has 0 saturated carbocycles.